The van der Waals surface area contributed by atoms with Crippen molar-refractivity contribution < 1.29 is 10.2 Å². The number of rotatable bonds is 10. The highest BCUT2D eigenvalue weighted by molar-refractivity contribution is 8.22. The van der Waals surface area contributed by atoms with Crippen LogP contribution in [0.25, 0.3) is 0 Å². The number of nitrogens with zero attached hydrogens (tertiary/aromatic N) is 2. The summed E-state index contributed by atoms with van der Waals surface area (Å²) in [6.07, 6.45) is 3.68. The van der Waals surface area contributed by atoms with E-state index in [1.807, 2.05) is 84.9 Å². The molecule has 6 nitrogen and oxygen atoms in total. The Bertz CT molecular complexity index is 1420. The fourth-order valence-electron chi connectivity index (χ4n) is 3.69. The Morgan fingerprint density at radius 3 is 1.44 bits per heavy atom. The molecular formula is C31H28N4O2S4. The fourth-order valence-corrected chi connectivity index (χ4v) is 5.36. The van der Waals surface area contributed by atoms with Crippen LogP contribution in [-0.2, 0) is 17.9 Å². The fraction of sp³-hybridized carbons (Fsp3) is 0.0968. The summed E-state index contributed by atoms with van der Waals surface area (Å²) >= 11 is 13.7. The van der Waals surface area contributed by atoms with E-state index in [2.05, 4.69) is 21.1 Å². The van der Waals surface area contributed by atoms with Crippen molar-refractivity contribution in [1.82, 2.24) is 10.9 Å². The van der Waals surface area contributed by atoms with E-state index in [0.29, 0.717) is 26.2 Å². The lowest BCUT2D eigenvalue weighted by atomic mass is 10.0. The standard InChI is InChI=1S/C31H28N4O2S4/c36-28-13-11-24(16-26(28)18-32-34-30(38)40-20-22-7-3-1-4-8-22)15-25-12-14-29(37)27(17-25)19-33-35-31(39)41-21-23-9-5-2-6-10-23/h1-14,16-19,36-37H,15,20-21H2,(H,34,38)(H,35,39)/b32-18+,33-19+. The summed E-state index contributed by atoms with van der Waals surface area (Å²) < 4.78 is 1.09. The van der Waals surface area contributed by atoms with Crippen molar-refractivity contribution in [3.8, 4) is 11.5 Å². The SMILES string of the molecule is Oc1ccc(Cc2ccc(O)c(/C=N/NC(=S)SCc3ccccc3)c2)cc1/C=N/NC(=S)SCc1ccccc1. The van der Waals surface area contributed by atoms with Crippen molar-refractivity contribution in [2.45, 2.75) is 17.9 Å². The molecule has 0 bridgehead atoms. The quantitative estimate of drug-likeness (QED) is 0.0863. The van der Waals surface area contributed by atoms with E-state index in [9.17, 15) is 10.2 Å². The molecular weight excluding hydrogens is 589 g/mol. The zero-order chi connectivity index (χ0) is 28.9. The van der Waals surface area contributed by atoms with Crippen LogP contribution in [0.4, 0.5) is 0 Å². The minimum Gasteiger partial charge on any atom is -0.507 e. The number of benzene rings is 4. The van der Waals surface area contributed by atoms with Crippen molar-refractivity contribution in [3.63, 3.8) is 0 Å². The van der Waals surface area contributed by atoms with Crippen LogP contribution in [0.15, 0.2) is 107 Å². The number of hydrogen-bond acceptors (Lipinski definition) is 8. The van der Waals surface area contributed by atoms with Gasteiger partial charge in [-0.05, 0) is 52.9 Å². The van der Waals surface area contributed by atoms with Crippen molar-refractivity contribution >= 4 is 69.0 Å². The van der Waals surface area contributed by atoms with E-state index < -0.39 is 0 Å². The summed E-state index contributed by atoms with van der Waals surface area (Å²) in [5.74, 6) is 1.73. The molecule has 0 aliphatic carbocycles. The summed E-state index contributed by atoms with van der Waals surface area (Å²) in [6.45, 7) is 0. The summed E-state index contributed by atoms with van der Waals surface area (Å²) in [5.41, 5.74) is 11.1. The molecule has 0 saturated carbocycles. The first-order valence-corrected chi connectivity index (χ1v) is 15.4. The average Bonchev–Trinajstić information content (AvgIpc) is 2.99. The first-order chi connectivity index (χ1) is 20.0. The van der Waals surface area contributed by atoms with E-state index in [1.54, 1.807) is 24.6 Å². The molecule has 0 atom stereocenters. The maximum atomic E-state index is 10.3. The molecule has 0 heterocycles. The summed E-state index contributed by atoms with van der Waals surface area (Å²) in [4.78, 5) is 0. The molecule has 0 spiro atoms. The van der Waals surface area contributed by atoms with E-state index in [0.717, 1.165) is 22.6 Å². The number of nitrogens with one attached hydrogen (secondary N) is 2. The van der Waals surface area contributed by atoms with Gasteiger partial charge in [-0.25, -0.2) is 0 Å². The highest BCUT2D eigenvalue weighted by Gasteiger charge is 2.06. The van der Waals surface area contributed by atoms with Crippen LogP contribution in [0.3, 0.4) is 0 Å². The summed E-state index contributed by atoms with van der Waals surface area (Å²) in [6, 6.07) is 30.8. The first kappa shape index (κ1) is 30.3. The maximum absolute atomic E-state index is 10.3. The highest BCUT2D eigenvalue weighted by Crippen LogP contribution is 2.22. The van der Waals surface area contributed by atoms with Gasteiger partial charge in [-0.1, -0.05) is 121 Å². The normalized spacial score (nSPS) is 11.1. The van der Waals surface area contributed by atoms with Gasteiger partial charge >= 0.3 is 0 Å². The van der Waals surface area contributed by atoms with Gasteiger partial charge in [0.05, 0.1) is 12.4 Å². The van der Waals surface area contributed by atoms with Crippen LogP contribution < -0.4 is 10.9 Å². The van der Waals surface area contributed by atoms with Crippen molar-refractivity contribution in [2.75, 3.05) is 0 Å². The summed E-state index contributed by atoms with van der Waals surface area (Å²) in [5, 5.41) is 29.0. The average molecular weight is 617 g/mol. The zero-order valence-corrected chi connectivity index (χ0v) is 25.2. The lowest BCUT2D eigenvalue weighted by Gasteiger charge is -2.08. The number of thiocarbonyl (C=S) groups is 2. The number of phenolic OH excluding ortho intramolecular Hbond substituents is 2. The smallest absolute Gasteiger partial charge is 0.154 e. The molecule has 41 heavy (non-hydrogen) atoms. The van der Waals surface area contributed by atoms with Gasteiger partial charge in [0, 0.05) is 22.6 Å². The van der Waals surface area contributed by atoms with Gasteiger partial charge in [-0.15, -0.1) is 0 Å². The van der Waals surface area contributed by atoms with Crippen molar-refractivity contribution in [1.29, 1.82) is 0 Å². The molecule has 0 saturated heterocycles. The summed E-state index contributed by atoms with van der Waals surface area (Å²) in [7, 11) is 0. The Balaban J connectivity index is 1.30. The molecule has 0 radical (unpaired) electrons. The lowest BCUT2D eigenvalue weighted by Crippen LogP contribution is -2.11. The van der Waals surface area contributed by atoms with Crippen molar-refractivity contribution in [2.24, 2.45) is 10.2 Å². The van der Waals surface area contributed by atoms with Gasteiger partial charge in [0.25, 0.3) is 0 Å². The Morgan fingerprint density at radius 2 is 1.02 bits per heavy atom. The molecule has 4 aromatic rings. The molecule has 4 rings (SSSR count). The van der Waals surface area contributed by atoms with Gasteiger partial charge in [-0.2, -0.15) is 10.2 Å². The minimum absolute atomic E-state index is 0.118. The van der Waals surface area contributed by atoms with E-state index >= 15 is 0 Å². The second-order valence-electron chi connectivity index (χ2n) is 8.83. The molecule has 0 amide bonds. The third-order valence-electron chi connectivity index (χ3n) is 5.74. The molecule has 0 aliphatic heterocycles. The highest BCUT2D eigenvalue weighted by atomic mass is 32.2. The van der Waals surface area contributed by atoms with Crippen LogP contribution in [-0.4, -0.2) is 31.3 Å². The first-order valence-electron chi connectivity index (χ1n) is 12.6. The third kappa shape index (κ3) is 10.3. The number of hydrogen-bond donors (Lipinski definition) is 4. The second kappa shape index (κ2) is 15.9. The maximum Gasteiger partial charge on any atom is 0.154 e. The second-order valence-corrected chi connectivity index (χ2v) is 12.1. The Labute approximate surface area is 259 Å². The zero-order valence-electron chi connectivity index (χ0n) is 21.9. The van der Waals surface area contributed by atoms with Crippen LogP contribution in [0.2, 0.25) is 0 Å². The molecule has 0 aliphatic rings. The number of aromatic hydroxyl groups is 2. The van der Waals surface area contributed by atoms with Crippen LogP contribution in [0, 0.1) is 0 Å². The predicted molar refractivity (Wildman–Crippen MR) is 181 cm³/mol. The Kier molecular flexibility index (Phi) is 11.8. The molecule has 10 heteroatoms. The Hall–Kier alpha value is -3.70. The lowest BCUT2D eigenvalue weighted by molar-refractivity contribution is 0.474. The van der Waals surface area contributed by atoms with E-state index in [4.69, 9.17) is 24.4 Å². The van der Waals surface area contributed by atoms with Crippen LogP contribution >= 0.6 is 48.0 Å². The number of phenols is 2. The topological polar surface area (TPSA) is 89.2 Å². The monoisotopic (exact) mass is 616 g/mol. The van der Waals surface area contributed by atoms with Crippen molar-refractivity contribution in [3.05, 3.63) is 130 Å². The van der Waals surface area contributed by atoms with Crippen LogP contribution in [0.5, 0.6) is 11.5 Å². The number of hydrazone groups is 2. The van der Waals surface area contributed by atoms with E-state index in [1.165, 1.54) is 34.7 Å². The molecule has 0 unspecified atom stereocenters. The minimum atomic E-state index is 0.118. The molecule has 4 N–H and O–H groups in total. The van der Waals surface area contributed by atoms with Gasteiger partial charge in [0.15, 0.2) is 8.64 Å². The molecule has 4 aromatic carbocycles. The van der Waals surface area contributed by atoms with Gasteiger partial charge in [0.2, 0.25) is 0 Å². The Morgan fingerprint density at radius 1 is 0.610 bits per heavy atom. The largest absolute Gasteiger partial charge is 0.507 e. The van der Waals surface area contributed by atoms with Gasteiger partial charge in [0.1, 0.15) is 11.5 Å². The van der Waals surface area contributed by atoms with Crippen LogP contribution in [0.1, 0.15) is 33.4 Å². The van der Waals surface area contributed by atoms with E-state index in [-0.39, 0.29) is 11.5 Å². The van der Waals surface area contributed by atoms with Gasteiger partial charge < -0.3 is 10.2 Å². The van der Waals surface area contributed by atoms with Gasteiger partial charge in [-0.3, -0.25) is 10.9 Å². The molecule has 208 valence electrons. The predicted octanol–water partition coefficient (Wildman–Crippen LogP) is 6.97. The number of thioether (sulfide) groups is 2. The molecule has 0 aromatic heterocycles. The third-order valence-corrected chi connectivity index (χ3v) is 8.29. The molecule has 0 fully saturated rings.